The van der Waals surface area contributed by atoms with E-state index < -0.39 is 0 Å². The minimum absolute atomic E-state index is 0.0750. The number of nitrogens with zero attached hydrogens (tertiary/aromatic N) is 1. The van der Waals surface area contributed by atoms with Crippen LogP contribution < -0.4 is 26.6 Å². The van der Waals surface area contributed by atoms with Crippen LogP contribution in [0.2, 0.25) is 5.02 Å². The van der Waals surface area contributed by atoms with E-state index in [2.05, 4.69) is 94.2 Å². The lowest BCUT2D eigenvalue weighted by Crippen LogP contribution is -2.64. The molecule has 3 aliphatic heterocycles. The SMILES string of the molecule is Cc1cc2c3c(c1)N1c4c(cc(C(C)(C)C)cc4C4(C)CCCCC14C)B3c1ccc(Cl)cc1N2. The Morgan fingerprint density at radius 1 is 0.943 bits per heavy atom. The maximum absolute atomic E-state index is 6.49. The fraction of sp³-hybridized carbons (Fsp3) is 0.419. The highest BCUT2D eigenvalue weighted by atomic mass is 35.5. The Hall–Kier alpha value is -2.39. The monoisotopic (exact) mass is 480 g/mol. The Kier molecular flexibility index (Phi) is 4.17. The summed E-state index contributed by atoms with van der Waals surface area (Å²) in [7, 11) is 0. The topological polar surface area (TPSA) is 15.3 Å². The van der Waals surface area contributed by atoms with E-state index in [1.807, 2.05) is 0 Å². The predicted octanol–water partition coefficient (Wildman–Crippen LogP) is 6.57. The molecule has 3 heterocycles. The average molecular weight is 481 g/mol. The quantitative estimate of drug-likeness (QED) is 0.286. The summed E-state index contributed by atoms with van der Waals surface area (Å²) in [5, 5.41) is 4.56. The Bertz CT molecular complexity index is 1440. The van der Waals surface area contributed by atoms with Gasteiger partial charge in [-0.05, 0) is 89.4 Å². The molecule has 0 radical (unpaired) electrons. The molecule has 0 bridgehead atoms. The van der Waals surface area contributed by atoms with Gasteiger partial charge in [0.15, 0.2) is 0 Å². The number of benzene rings is 3. The van der Waals surface area contributed by atoms with Crippen LogP contribution in [-0.4, -0.2) is 12.3 Å². The largest absolute Gasteiger partial charge is 0.356 e. The minimum atomic E-state index is 0.0750. The van der Waals surface area contributed by atoms with Gasteiger partial charge in [0.2, 0.25) is 0 Å². The molecule has 7 rings (SSSR count). The summed E-state index contributed by atoms with van der Waals surface area (Å²) in [5.41, 5.74) is 14.2. The third kappa shape index (κ3) is 2.63. The molecule has 1 N–H and O–H groups in total. The average Bonchev–Trinajstić information content (AvgIpc) is 3.00. The van der Waals surface area contributed by atoms with Gasteiger partial charge >= 0.3 is 0 Å². The van der Waals surface area contributed by atoms with Crippen molar-refractivity contribution in [1.82, 2.24) is 0 Å². The van der Waals surface area contributed by atoms with Crippen molar-refractivity contribution in [1.29, 1.82) is 0 Å². The fourth-order valence-corrected chi connectivity index (χ4v) is 7.94. The lowest BCUT2D eigenvalue weighted by atomic mass is 9.33. The van der Waals surface area contributed by atoms with Crippen molar-refractivity contribution in [2.45, 2.75) is 83.6 Å². The second kappa shape index (κ2) is 6.68. The molecule has 0 amide bonds. The first-order chi connectivity index (χ1) is 16.5. The fourth-order valence-electron chi connectivity index (χ4n) is 7.77. The molecule has 1 fully saturated rings. The Balaban J connectivity index is 1.64. The van der Waals surface area contributed by atoms with E-state index in [4.69, 9.17) is 11.6 Å². The van der Waals surface area contributed by atoms with E-state index in [1.165, 1.54) is 70.3 Å². The van der Waals surface area contributed by atoms with E-state index in [0.29, 0.717) is 0 Å². The maximum atomic E-state index is 6.49. The summed E-state index contributed by atoms with van der Waals surface area (Å²) in [6.07, 6.45) is 5.10. The highest BCUT2D eigenvalue weighted by Gasteiger charge is 2.61. The number of fused-ring (bicyclic) bond motifs is 7. The normalized spacial score (nSPS) is 25.5. The molecule has 2 unspecified atom stereocenters. The van der Waals surface area contributed by atoms with Crippen molar-refractivity contribution in [3.63, 3.8) is 0 Å². The van der Waals surface area contributed by atoms with Crippen molar-refractivity contribution in [2.75, 3.05) is 10.2 Å². The van der Waals surface area contributed by atoms with Crippen LogP contribution >= 0.6 is 11.6 Å². The van der Waals surface area contributed by atoms with Gasteiger partial charge in [-0.15, -0.1) is 0 Å². The van der Waals surface area contributed by atoms with Crippen molar-refractivity contribution in [3.8, 4) is 0 Å². The molecule has 1 aliphatic carbocycles. The van der Waals surface area contributed by atoms with Gasteiger partial charge in [0, 0.05) is 33.2 Å². The summed E-state index contributed by atoms with van der Waals surface area (Å²) >= 11 is 6.49. The highest BCUT2D eigenvalue weighted by molar-refractivity contribution is 7.00. The summed E-state index contributed by atoms with van der Waals surface area (Å²) in [6.45, 7) is 14.6. The third-order valence-electron chi connectivity index (χ3n) is 9.83. The Morgan fingerprint density at radius 2 is 1.71 bits per heavy atom. The van der Waals surface area contributed by atoms with Crippen LogP contribution in [0.15, 0.2) is 42.5 Å². The molecular weight excluding hydrogens is 447 g/mol. The van der Waals surface area contributed by atoms with Crippen molar-refractivity contribution < 1.29 is 0 Å². The van der Waals surface area contributed by atoms with Crippen molar-refractivity contribution >= 4 is 57.5 Å². The molecule has 1 saturated carbocycles. The number of halogens is 1. The van der Waals surface area contributed by atoms with Crippen molar-refractivity contribution in [3.05, 3.63) is 64.2 Å². The first-order valence-electron chi connectivity index (χ1n) is 13.2. The van der Waals surface area contributed by atoms with Crippen LogP contribution in [0.4, 0.5) is 22.7 Å². The summed E-state index contributed by atoms with van der Waals surface area (Å²) in [5.74, 6) is 0. The Labute approximate surface area is 215 Å². The van der Waals surface area contributed by atoms with Crippen molar-refractivity contribution in [2.24, 2.45) is 0 Å². The molecule has 2 atom stereocenters. The molecule has 178 valence electrons. The van der Waals surface area contributed by atoms with Crippen LogP contribution in [-0.2, 0) is 10.8 Å². The maximum Gasteiger partial charge on any atom is 0.252 e. The zero-order chi connectivity index (χ0) is 24.5. The van der Waals surface area contributed by atoms with Crippen LogP contribution in [0.25, 0.3) is 0 Å². The van der Waals surface area contributed by atoms with Gasteiger partial charge in [-0.3, -0.25) is 0 Å². The van der Waals surface area contributed by atoms with E-state index in [1.54, 1.807) is 5.56 Å². The minimum Gasteiger partial charge on any atom is -0.356 e. The lowest BCUT2D eigenvalue weighted by Gasteiger charge is -2.52. The van der Waals surface area contributed by atoms with Gasteiger partial charge in [-0.1, -0.05) is 70.3 Å². The summed E-state index contributed by atoms with van der Waals surface area (Å²) in [6, 6.07) is 16.3. The predicted molar refractivity (Wildman–Crippen MR) is 152 cm³/mol. The molecule has 0 aromatic heterocycles. The highest BCUT2D eigenvalue weighted by Crippen LogP contribution is 2.61. The standard InChI is InChI=1S/C31H34BClN2/c1-18-13-25-27-26(14-18)35-28-21(30(5)11-7-8-12-31(30,35)6)15-19(29(2,3)4)16-23(28)32(27)22-10-9-20(33)17-24(22)34-25/h9-10,13-17,34H,7-8,11-12H2,1-6H3. The zero-order valence-corrected chi connectivity index (χ0v) is 22.5. The van der Waals surface area contributed by atoms with Gasteiger partial charge in [0.1, 0.15) is 0 Å². The molecule has 4 aliphatic rings. The van der Waals surface area contributed by atoms with Gasteiger partial charge < -0.3 is 10.2 Å². The second-order valence-corrected chi connectivity index (χ2v) is 13.3. The summed E-state index contributed by atoms with van der Waals surface area (Å²) < 4.78 is 0. The van der Waals surface area contributed by atoms with E-state index in [9.17, 15) is 0 Å². The smallest absolute Gasteiger partial charge is 0.252 e. The van der Waals surface area contributed by atoms with Gasteiger partial charge in [-0.2, -0.15) is 0 Å². The molecule has 35 heavy (non-hydrogen) atoms. The first kappa shape index (κ1) is 21.9. The van der Waals surface area contributed by atoms with Gasteiger partial charge in [0.25, 0.3) is 6.71 Å². The molecule has 3 aromatic rings. The number of hydrogen-bond acceptors (Lipinski definition) is 2. The first-order valence-corrected chi connectivity index (χ1v) is 13.6. The molecule has 4 heteroatoms. The number of anilines is 4. The summed E-state index contributed by atoms with van der Waals surface area (Å²) in [4.78, 5) is 2.79. The number of hydrogen-bond donors (Lipinski definition) is 1. The van der Waals surface area contributed by atoms with E-state index >= 15 is 0 Å². The molecule has 0 spiro atoms. The van der Waals surface area contributed by atoms with Crippen LogP contribution in [0, 0.1) is 6.92 Å². The number of aryl methyl sites for hydroxylation is 1. The molecule has 0 saturated heterocycles. The second-order valence-electron chi connectivity index (χ2n) is 12.9. The van der Waals surface area contributed by atoms with Gasteiger partial charge in [0.05, 0.1) is 5.54 Å². The number of nitrogens with one attached hydrogen (secondary N) is 1. The third-order valence-corrected chi connectivity index (χ3v) is 10.1. The van der Waals surface area contributed by atoms with E-state index in [0.717, 1.165) is 10.7 Å². The Morgan fingerprint density at radius 3 is 2.49 bits per heavy atom. The van der Waals surface area contributed by atoms with Crippen LogP contribution in [0.3, 0.4) is 0 Å². The zero-order valence-electron chi connectivity index (χ0n) is 21.8. The van der Waals surface area contributed by atoms with Gasteiger partial charge in [-0.25, -0.2) is 0 Å². The molecular formula is C31H34BClN2. The van der Waals surface area contributed by atoms with Crippen LogP contribution in [0.1, 0.15) is 77.0 Å². The number of rotatable bonds is 0. The van der Waals surface area contributed by atoms with E-state index in [-0.39, 0.29) is 23.1 Å². The lowest BCUT2D eigenvalue weighted by molar-refractivity contribution is 0.195. The molecule has 2 nitrogen and oxygen atoms in total. The van der Waals surface area contributed by atoms with Crippen LogP contribution in [0.5, 0.6) is 0 Å². The molecule has 3 aromatic carbocycles.